The van der Waals surface area contributed by atoms with Crippen molar-refractivity contribution < 1.29 is 9.53 Å². The zero-order valence-electron chi connectivity index (χ0n) is 16.3. The van der Waals surface area contributed by atoms with Crippen LogP contribution in [0.5, 0.6) is 0 Å². The molecule has 1 saturated heterocycles. The fourth-order valence-corrected chi connectivity index (χ4v) is 3.31. The molecule has 1 amide bonds. The SMILES string of the molecule is C=C(C)C(CC(=O)N1CCOCC1)Cc1cccc2ccccc12.CC. The van der Waals surface area contributed by atoms with Crippen LogP contribution >= 0.6 is 0 Å². The summed E-state index contributed by atoms with van der Waals surface area (Å²) in [5.41, 5.74) is 2.36. The van der Waals surface area contributed by atoms with E-state index in [1.54, 1.807) is 0 Å². The van der Waals surface area contributed by atoms with Gasteiger partial charge in [-0.15, -0.1) is 0 Å². The fourth-order valence-electron chi connectivity index (χ4n) is 3.31. The monoisotopic (exact) mass is 353 g/mol. The molecule has 3 nitrogen and oxygen atoms in total. The Morgan fingerprint density at radius 2 is 1.77 bits per heavy atom. The van der Waals surface area contributed by atoms with Crippen LogP contribution in [0.1, 0.15) is 32.8 Å². The molecule has 1 atom stereocenters. The van der Waals surface area contributed by atoms with E-state index in [0.29, 0.717) is 32.7 Å². The van der Waals surface area contributed by atoms with Gasteiger partial charge in [-0.1, -0.05) is 68.5 Å². The molecule has 1 heterocycles. The summed E-state index contributed by atoms with van der Waals surface area (Å²) < 4.78 is 5.33. The molecule has 1 fully saturated rings. The largest absolute Gasteiger partial charge is 0.378 e. The zero-order valence-corrected chi connectivity index (χ0v) is 16.3. The predicted octanol–water partition coefficient (Wildman–Crippen LogP) is 4.85. The van der Waals surface area contributed by atoms with Gasteiger partial charge in [0.25, 0.3) is 0 Å². The molecule has 1 unspecified atom stereocenters. The van der Waals surface area contributed by atoms with Crippen molar-refractivity contribution >= 4 is 16.7 Å². The van der Waals surface area contributed by atoms with Crippen LogP contribution in [0.25, 0.3) is 10.8 Å². The summed E-state index contributed by atoms with van der Waals surface area (Å²) in [4.78, 5) is 14.5. The number of morpholine rings is 1. The number of hydrogen-bond donors (Lipinski definition) is 0. The lowest BCUT2D eigenvalue weighted by molar-refractivity contribution is -0.136. The van der Waals surface area contributed by atoms with Gasteiger partial charge in [-0.3, -0.25) is 4.79 Å². The second-order valence-corrected chi connectivity index (χ2v) is 6.58. The Hall–Kier alpha value is -2.13. The van der Waals surface area contributed by atoms with Gasteiger partial charge in [0.1, 0.15) is 0 Å². The Bertz CT molecular complexity index is 727. The van der Waals surface area contributed by atoms with Crippen molar-refractivity contribution in [3.8, 4) is 0 Å². The molecule has 0 N–H and O–H groups in total. The van der Waals surface area contributed by atoms with Crippen molar-refractivity contribution in [1.82, 2.24) is 4.90 Å². The predicted molar refractivity (Wildman–Crippen MR) is 109 cm³/mol. The van der Waals surface area contributed by atoms with Gasteiger partial charge < -0.3 is 9.64 Å². The molecule has 140 valence electrons. The minimum atomic E-state index is 0.172. The third-order valence-electron chi connectivity index (χ3n) is 4.83. The normalized spacial score (nSPS) is 15.1. The zero-order chi connectivity index (χ0) is 18.9. The molecule has 0 bridgehead atoms. The molecular formula is C23H31NO2. The second kappa shape index (κ2) is 10.1. The van der Waals surface area contributed by atoms with Crippen LogP contribution in [0.2, 0.25) is 0 Å². The number of rotatable bonds is 5. The van der Waals surface area contributed by atoms with Gasteiger partial charge in [0.05, 0.1) is 13.2 Å². The summed E-state index contributed by atoms with van der Waals surface area (Å²) in [5.74, 6) is 0.387. The maximum absolute atomic E-state index is 12.6. The van der Waals surface area contributed by atoms with E-state index in [9.17, 15) is 4.79 Å². The van der Waals surface area contributed by atoms with Gasteiger partial charge in [-0.25, -0.2) is 0 Å². The molecule has 0 aliphatic carbocycles. The Balaban J connectivity index is 0.00000117. The average molecular weight is 354 g/mol. The molecule has 3 rings (SSSR count). The lowest BCUT2D eigenvalue weighted by Gasteiger charge is -2.29. The Labute approximate surface area is 157 Å². The lowest BCUT2D eigenvalue weighted by atomic mass is 9.88. The molecule has 0 saturated carbocycles. The van der Waals surface area contributed by atoms with Crippen LogP contribution in [-0.4, -0.2) is 37.1 Å². The Morgan fingerprint density at radius 1 is 1.12 bits per heavy atom. The standard InChI is InChI=1S/C21H25NO2.C2H6/c1-16(2)19(15-21(23)22-10-12-24-13-11-22)14-18-8-5-7-17-6-3-4-9-20(17)18;1-2/h3-9,19H,1,10-15H2,2H3;1-2H3. The van der Waals surface area contributed by atoms with Gasteiger partial charge in [0, 0.05) is 19.5 Å². The number of benzene rings is 2. The first-order valence-electron chi connectivity index (χ1n) is 9.62. The van der Waals surface area contributed by atoms with Crippen LogP contribution in [-0.2, 0) is 16.0 Å². The number of amides is 1. The van der Waals surface area contributed by atoms with E-state index in [1.807, 2.05) is 25.7 Å². The summed E-state index contributed by atoms with van der Waals surface area (Å²) in [6.07, 6.45) is 1.38. The van der Waals surface area contributed by atoms with E-state index < -0.39 is 0 Å². The van der Waals surface area contributed by atoms with Crippen LogP contribution in [0.4, 0.5) is 0 Å². The molecule has 0 aromatic heterocycles. The number of carbonyl (C=O) groups is 1. The molecule has 26 heavy (non-hydrogen) atoms. The third kappa shape index (κ3) is 5.18. The van der Waals surface area contributed by atoms with Gasteiger partial charge >= 0.3 is 0 Å². The number of fused-ring (bicyclic) bond motifs is 1. The highest BCUT2D eigenvalue weighted by Gasteiger charge is 2.22. The summed E-state index contributed by atoms with van der Waals surface area (Å²) in [7, 11) is 0. The second-order valence-electron chi connectivity index (χ2n) is 6.58. The van der Waals surface area contributed by atoms with Crippen LogP contribution in [0, 0.1) is 5.92 Å². The molecule has 1 aliphatic rings. The quantitative estimate of drug-likeness (QED) is 0.719. The first-order chi connectivity index (χ1) is 12.6. The highest BCUT2D eigenvalue weighted by molar-refractivity contribution is 5.85. The van der Waals surface area contributed by atoms with Crippen LogP contribution in [0.15, 0.2) is 54.6 Å². The maximum atomic E-state index is 12.6. The van der Waals surface area contributed by atoms with E-state index in [4.69, 9.17) is 4.74 Å². The number of nitrogens with zero attached hydrogens (tertiary/aromatic N) is 1. The molecular weight excluding hydrogens is 322 g/mol. The summed E-state index contributed by atoms with van der Waals surface area (Å²) in [5, 5.41) is 2.51. The first kappa shape index (κ1) is 20.2. The minimum Gasteiger partial charge on any atom is -0.378 e. The summed E-state index contributed by atoms with van der Waals surface area (Å²) in [6.45, 7) is 12.9. The van der Waals surface area contributed by atoms with Crippen molar-refractivity contribution in [2.45, 2.75) is 33.6 Å². The maximum Gasteiger partial charge on any atom is 0.223 e. The number of ether oxygens (including phenoxy) is 1. The van der Waals surface area contributed by atoms with Crippen molar-refractivity contribution in [1.29, 1.82) is 0 Å². The topological polar surface area (TPSA) is 29.5 Å². The minimum absolute atomic E-state index is 0.172. The van der Waals surface area contributed by atoms with Crippen molar-refractivity contribution in [3.05, 3.63) is 60.2 Å². The summed E-state index contributed by atoms with van der Waals surface area (Å²) >= 11 is 0. The highest BCUT2D eigenvalue weighted by atomic mass is 16.5. The van der Waals surface area contributed by atoms with Crippen molar-refractivity contribution in [3.63, 3.8) is 0 Å². The van der Waals surface area contributed by atoms with E-state index in [1.165, 1.54) is 16.3 Å². The van der Waals surface area contributed by atoms with E-state index >= 15 is 0 Å². The van der Waals surface area contributed by atoms with Crippen molar-refractivity contribution in [2.24, 2.45) is 5.92 Å². The molecule has 3 heteroatoms. The number of hydrogen-bond acceptors (Lipinski definition) is 2. The van der Waals surface area contributed by atoms with Gasteiger partial charge in [-0.2, -0.15) is 0 Å². The lowest BCUT2D eigenvalue weighted by Crippen LogP contribution is -2.41. The molecule has 1 aliphatic heterocycles. The van der Waals surface area contributed by atoms with E-state index in [0.717, 1.165) is 12.0 Å². The third-order valence-corrected chi connectivity index (χ3v) is 4.83. The smallest absolute Gasteiger partial charge is 0.223 e. The van der Waals surface area contributed by atoms with Crippen molar-refractivity contribution in [2.75, 3.05) is 26.3 Å². The van der Waals surface area contributed by atoms with Gasteiger partial charge in [0.15, 0.2) is 0 Å². The van der Waals surface area contributed by atoms with E-state index in [-0.39, 0.29) is 11.8 Å². The number of allylic oxidation sites excluding steroid dienone is 1. The van der Waals surface area contributed by atoms with Gasteiger partial charge in [0.2, 0.25) is 5.91 Å². The van der Waals surface area contributed by atoms with Crippen LogP contribution < -0.4 is 0 Å². The highest BCUT2D eigenvalue weighted by Crippen LogP contribution is 2.26. The van der Waals surface area contributed by atoms with Gasteiger partial charge in [-0.05, 0) is 35.6 Å². The molecule has 0 radical (unpaired) electrons. The number of carbonyl (C=O) groups excluding carboxylic acids is 1. The first-order valence-corrected chi connectivity index (χ1v) is 9.62. The average Bonchev–Trinajstić information content (AvgIpc) is 2.69. The molecule has 2 aromatic carbocycles. The fraction of sp³-hybridized carbons (Fsp3) is 0.435. The Kier molecular flexibility index (Phi) is 7.86. The van der Waals surface area contributed by atoms with Crippen LogP contribution in [0.3, 0.4) is 0 Å². The molecule has 0 spiro atoms. The van der Waals surface area contributed by atoms with E-state index in [2.05, 4.69) is 49.0 Å². The Morgan fingerprint density at radius 3 is 2.46 bits per heavy atom. The summed E-state index contributed by atoms with van der Waals surface area (Å²) in [6, 6.07) is 14.8. The molecule has 2 aromatic rings.